The van der Waals surface area contributed by atoms with Crippen molar-refractivity contribution in [1.29, 1.82) is 0 Å². The summed E-state index contributed by atoms with van der Waals surface area (Å²) in [6, 6.07) is 9.03. The van der Waals surface area contributed by atoms with E-state index in [4.69, 9.17) is 0 Å². The van der Waals surface area contributed by atoms with Crippen molar-refractivity contribution in [3.05, 3.63) is 53.9 Å². The highest BCUT2D eigenvalue weighted by atomic mass is 16.2. The van der Waals surface area contributed by atoms with Gasteiger partial charge in [0.25, 0.3) is 5.91 Å². The van der Waals surface area contributed by atoms with Crippen molar-refractivity contribution in [2.45, 2.75) is 20.0 Å². The number of amides is 2. The van der Waals surface area contributed by atoms with E-state index in [0.29, 0.717) is 18.7 Å². The molecule has 0 bridgehead atoms. The molecule has 2 rings (SSSR count). The number of benzene rings is 1. The lowest BCUT2D eigenvalue weighted by molar-refractivity contribution is -0.125. The molecule has 0 spiro atoms. The molecule has 0 aliphatic heterocycles. The van der Waals surface area contributed by atoms with E-state index in [2.05, 4.69) is 15.7 Å². The van der Waals surface area contributed by atoms with Crippen LogP contribution >= 0.6 is 0 Å². The number of carbonyl (C=O) groups is 2. The smallest absolute Gasteiger partial charge is 0.251 e. The zero-order chi connectivity index (χ0) is 15.9. The van der Waals surface area contributed by atoms with Gasteiger partial charge < -0.3 is 10.6 Å². The third-order valence-corrected chi connectivity index (χ3v) is 3.35. The molecule has 1 unspecified atom stereocenters. The van der Waals surface area contributed by atoms with Gasteiger partial charge in [-0.15, -0.1) is 0 Å². The third kappa shape index (κ3) is 4.18. The molecule has 6 heteroatoms. The van der Waals surface area contributed by atoms with Crippen molar-refractivity contribution < 1.29 is 9.59 Å². The lowest BCUT2D eigenvalue weighted by atomic mass is 10.1. The molecule has 0 aliphatic rings. The number of hydrogen-bond acceptors (Lipinski definition) is 3. The Morgan fingerprint density at radius 1 is 1.32 bits per heavy atom. The first-order valence-corrected chi connectivity index (χ1v) is 7.16. The van der Waals surface area contributed by atoms with E-state index in [0.717, 1.165) is 5.56 Å². The Labute approximate surface area is 129 Å². The van der Waals surface area contributed by atoms with Crippen LogP contribution in [0.15, 0.2) is 42.7 Å². The number of rotatable bonds is 6. The maximum Gasteiger partial charge on any atom is 0.251 e. The predicted molar refractivity (Wildman–Crippen MR) is 83.1 cm³/mol. The summed E-state index contributed by atoms with van der Waals surface area (Å²) in [4.78, 5) is 23.7. The highest BCUT2D eigenvalue weighted by Crippen LogP contribution is 2.06. The molecule has 2 aromatic rings. The van der Waals surface area contributed by atoms with Crippen molar-refractivity contribution in [2.24, 2.45) is 5.92 Å². The standard InChI is InChI=1S/C16H20N4O2/c1-12(11-20-8-4-7-19-20)15(21)18-10-13-5-3-6-14(9-13)16(22)17-2/h3-9,12H,10-11H2,1-2H3,(H,17,22)(H,18,21). The maximum absolute atomic E-state index is 12.1. The number of aromatic nitrogens is 2. The number of carbonyl (C=O) groups excluding carboxylic acids is 2. The number of nitrogens with one attached hydrogen (secondary N) is 2. The molecule has 2 N–H and O–H groups in total. The SMILES string of the molecule is CNC(=O)c1cccc(CNC(=O)C(C)Cn2cccn2)c1. The van der Waals surface area contributed by atoms with Gasteiger partial charge in [-0.1, -0.05) is 19.1 Å². The van der Waals surface area contributed by atoms with Crippen LogP contribution in [0.1, 0.15) is 22.8 Å². The normalized spacial score (nSPS) is 11.7. The summed E-state index contributed by atoms with van der Waals surface area (Å²) in [5.41, 5.74) is 1.47. The van der Waals surface area contributed by atoms with Gasteiger partial charge in [0.1, 0.15) is 0 Å². The van der Waals surface area contributed by atoms with Crippen molar-refractivity contribution in [3.8, 4) is 0 Å². The summed E-state index contributed by atoms with van der Waals surface area (Å²) >= 11 is 0. The molecule has 0 saturated heterocycles. The highest BCUT2D eigenvalue weighted by Gasteiger charge is 2.13. The van der Waals surface area contributed by atoms with Gasteiger partial charge in [0.15, 0.2) is 0 Å². The molecule has 0 fully saturated rings. The third-order valence-electron chi connectivity index (χ3n) is 3.35. The fourth-order valence-corrected chi connectivity index (χ4v) is 2.10. The molecule has 0 radical (unpaired) electrons. The lowest BCUT2D eigenvalue weighted by Crippen LogP contribution is -2.31. The molecule has 1 aromatic heterocycles. The molecule has 0 aliphatic carbocycles. The minimum absolute atomic E-state index is 0.0409. The van der Waals surface area contributed by atoms with Gasteiger partial charge in [0.2, 0.25) is 5.91 Å². The summed E-state index contributed by atoms with van der Waals surface area (Å²) < 4.78 is 1.73. The summed E-state index contributed by atoms with van der Waals surface area (Å²) in [5.74, 6) is -0.358. The van der Waals surface area contributed by atoms with Crippen LogP contribution in [-0.2, 0) is 17.9 Å². The fraction of sp³-hybridized carbons (Fsp3) is 0.312. The van der Waals surface area contributed by atoms with Gasteiger partial charge >= 0.3 is 0 Å². The molecule has 2 amide bonds. The summed E-state index contributed by atoms with van der Waals surface area (Å²) in [7, 11) is 1.59. The van der Waals surface area contributed by atoms with E-state index in [1.807, 2.05) is 25.3 Å². The average molecular weight is 300 g/mol. The van der Waals surface area contributed by atoms with Crippen molar-refractivity contribution in [3.63, 3.8) is 0 Å². The van der Waals surface area contributed by atoms with Crippen molar-refractivity contribution in [2.75, 3.05) is 7.05 Å². The van der Waals surface area contributed by atoms with Crippen LogP contribution in [0.5, 0.6) is 0 Å². The Morgan fingerprint density at radius 3 is 2.82 bits per heavy atom. The summed E-state index contributed by atoms with van der Waals surface area (Å²) in [6.07, 6.45) is 3.52. The quantitative estimate of drug-likeness (QED) is 0.841. The van der Waals surface area contributed by atoms with E-state index < -0.39 is 0 Å². The molecule has 1 heterocycles. The van der Waals surface area contributed by atoms with Crippen molar-refractivity contribution in [1.82, 2.24) is 20.4 Å². The predicted octanol–water partition coefficient (Wildman–Crippen LogP) is 1.20. The van der Waals surface area contributed by atoms with E-state index in [1.165, 1.54) is 0 Å². The molecule has 116 valence electrons. The Balaban J connectivity index is 1.89. The molecule has 1 atom stereocenters. The summed E-state index contributed by atoms with van der Waals surface area (Å²) in [5, 5.41) is 9.55. The van der Waals surface area contributed by atoms with E-state index in [-0.39, 0.29) is 17.7 Å². The Kier molecular flexibility index (Phi) is 5.30. The largest absolute Gasteiger partial charge is 0.355 e. The van der Waals surface area contributed by atoms with Gasteiger partial charge in [-0.3, -0.25) is 14.3 Å². The Hall–Kier alpha value is -2.63. The second-order valence-corrected chi connectivity index (χ2v) is 5.13. The van der Waals surface area contributed by atoms with Gasteiger partial charge in [-0.2, -0.15) is 5.10 Å². The topological polar surface area (TPSA) is 76.0 Å². The lowest BCUT2D eigenvalue weighted by Gasteiger charge is -2.12. The fourth-order valence-electron chi connectivity index (χ4n) is 2.10. The minimum atomic E-state index is -0.179. The first-order chi connectivity index (χ1) is 10.6. The molecular formula is C16H20N4O2. The van der Waals surface area contributed by atoms with E-state index in [9.17, 15) is 9.59 Å². The molecule has 0 saturated carbocycles. The zero-order valence-electron chi connectivity index (χ0n) is 12.7. The average Bonchev–Trinajstić information content (AvgIpc) is 3.05. The van der Waals surface area contributed by atoms with Crippen LogP contribution < -0.4 is 10.6 Å². The second-order valence-electron chi connectivity index (χ2n) is 5.13. The van der Waals surface area contributed by atoms with E-state index >= 15 is 0 Å². The summed E-state index contributed by atoms with van der Waals surface area (Å²) in [6.45, 7) is 2.79. The maximum atomic E-state index is 12.1. The van der Waals surface area contributed by atoms with Gasteiger partial charge in [-0.05, 0) is 23.8 Å². The first kappa shape index (κ1) is 15.8. The zero-order valence-corrected chi connectivity index (χ0v) is 12.7. The Morgan fingerprint density at radius 2 is 2.14 bits per heavy atom. The molecule has 6 nitrogen and oxygen atoms in total. The van der Waals surface area contributed by atoms with Crippen LogP contribution in [-0.4, -0.2) is 28.6 Å². The number of nitrogens with zero attached hydrogens (tertiary/aromatic N) is 2. The van der Waals surface area contributed by atoms with Crippen LogP contribution in [0.4, 0.5) is 0 Å². The first-order valence-electron chi connectivity index (χ1n) is 7.16. The van der Waals surface area contributed by atoms with Gasteiger partial charge in [0.05, 0.1) is 12.5 Å². The van der Waals surface area contributed by atoms with Crippen LogP contribution in [0.25, 0.3) is 0 Å². The van der Waals surface area contributed by atoms with Gasteiger partial charge in [-0.25, -0.2) is 0 Å². The minimum Gasteiger partial charge on any atom is -0.355 e. The Bertz CT molecular complexity index is 637. The van der Waals surface area contributed by atoms with Crippen LogP contribution in [0.3, 0.4) is 0 Å². The highest BCUT2D eigenvalue weighted by molar-refractivity contribution is 5.94. The molecule has 1 aromatic carbocycles. The van der Waals surface area contributed by atoms with Crippen LogP contribution in [0, 0.1) is 5.92 Å². The van der Waals surface area contributed by atoms with E-state index in [1.54, 1.807) is 36.1 Å². The van der Waals surface area contributed by atoms with Crippen LogP contribution in [0.2, 0.25) is 0 Å². The monoisotopic (exact) mass is 300 g/mol. The van der Waals surface area contributed by atoms with Gasteiger partial charge in [0, 0.05) is 31.5 Å². The molecule has 22 heavy (non-hydrogen) atoms. The van der Waals surface area contributed by atoms with Crippen molar-refractivity contribution >= 4 is 11.8 Å². The second kappa shape index (κ2) is 7.40. The number of hydrogen-bond donors (Lipinski definition) is 2. The molecular weight excluding hydrogens is 280 g/mol.